The van der Waals surface area contributed by atoms with E-state index in [-0.39, 0.29) is 24.2 Å². The van der Waals surface area contributed by atoms with Crippen LogP contribution in [0.1, 0.15) is 37.7 Å². The number of ether oxygens (including phenoxy) is 1. The molecular formula is C23H24FN3O2. The van der Waals surface area contributed by atoms with Crippen molar-refractivity contribution in [3.05, 3.63) is 54.0 Å². The topological polar surface area (TPSA) is 56.1 Å². The van der Waals surface area contributed by atoms with E-state index < -0.39 is 0 Å². The first kappa shape index (κ1) is 18.2. The highest BCUT2D eigenvalue weighted by molar-refractivity contribution is 5.81. The minimum Gasteiger partial charge on any atom is -0.457 e. The van der Waals surface area contributed by atoms with Gasteiger partial charge in [0.15, 0.2) is 0 Å². The van der Waals surface area contributed by atoms with E-state index in [0.717, 1.165) is 36.2 Å². The van der Waals surface area contributed by atoms with E-state index in [1.54, 1.807) is 6.07 Å². The molecule has 0 bridgehead atoms. The molecule has 2 aliphatic carbocycles. The van der Waals surface area contributed by atoms with Gasteiger partial charge in [-0.1, -0.05) is 6.42 Å². The Morgan fingerprint density at radius 1 is 1.17 bits per heavy atom. The van der Waals surface area contributed by atoms with Crippen molar-refractivity contribution in [2.75, 3.05) is 0 Å². The molecule has 3 aromatic rings. The van der Waals surface area contributed by atoms with E-state index in [9.17, 15) is 9.18 Å². The lowest BCUT2D eigenvalue weighted by Crippen LogP contribution is -2.24. The largest absolute Gasteiger partial charge is 0.457 e. The van der Waals surface area contributed by atoms with Crippen LogP contribution in [-0.2, 0) is 17.9 Å². The molecule has 1 aromatic heterocycles. The third kappa shape index (κ3) is 3.97. The normalized spacial score (nSPS) is 16.6. The number of nitrogens with zero attached hydrogens (tertiary/aromatic N) is 2. The van der Waals surface area contributed by atoms with Crippen LogP contribution in [0.4, 0.5) is 4.39 Å². The number of aromatic nitrogens is 2. The Morgan fingerprint density at radius 3 is 2.79 bits per heavy atom. The Bertz CT molecular complexity index is 1050. The van der Waals surface area contributed by atoms with Gasteiger partial charge in [0.05, 0.1) is 11.7 Å². The Hall–Kier alpha value is -2.89. The third-order valence-electron chi connectivity index (χ3n) is 5.92. The molecule has 5 nitrogen and oxygen atoms in total. The lowest BCUT2D eigenvalue weighted by molar-refractivity contribution is -0.122. The summed E-state index contributed by atoms with van der Waals surface area (Å²) < 4.78 is 21.9. The lowest BCUT2D eigenvalue weighted by atomic mass is 9.85. The number of benzene rings is 2. The second-order valence-corrected chi connectivity index (χ2v) is 8.19. The zero-order valence-electron chi connectivity index (χ0n) is 16.2. The standard InChI is InChI=1S/C23H24FN3O2/c24-19-6-9-22(18(10-19)12-25-23(28)16-4-5-16)29-20-7-8-21-17(11-20)13-26-27(21)14-15-2-1-3-15/h6-11,13,15-16H,1-5,12,14H2,(H,25,28). The molecule has 2 aliphatic rings. The molecule has 0 saturated heterocycles. The summed E-state index contributed by atoms with van der Waals surface area (Å²) in [5, 5.41) is 8.43. The summed E-state index contributed by atoms with van der Waals surface area (Å²) in [6, 6.07) is 10.3. The predicted molar refractivity (Wildman–Crippen MR) is 108 cm³/mol. The monoisotopic (exact) mass is 393 g/mol. The first-order chi connectivity index (χ1) is 14.2. The van der Waals surface area contributed by atoms with Gasteiger partial charge in [-0.25, -0.2) is 4.39 Å². The average molecular weight is 393 g/mol. The van der Waals surface area contributed by atoms with E-state index in [2.05, 4.69) is 15.1 Å². The smallest absolute Gasteiger partial charge is 0.223 e. The molecule has 0 spiro atoms. The molecule has 0 atom stereocenters. The van der Waals surface area contributed by atoms with Crippen molar-refractivity contribution in [3.63, 3.8) is 0 Å². The van der Waals surface area contributed by atoms with Gasteiger partial charge < -0.3 is 10.1 Å². The lowest BCUT2D eigenvalue weighted by Gasteiger charge is -2.25. The summed E-state index contributed by atoms with van der Waals surface area (Å²) in [6.07, 6.45) is 7.63. The van der Waals surface area contributed by atoms with E-state index in [1.807, 2.05) is 24.4 Å². The highest BCUT2D eigenvalue weighted by Crippen LogP contribution is 2.32. The Kier molecular flexibility index (Phi) is 4.70. The molecule has 0 aliphatic heterocycles. The summed E-state index contributed by atoms with van der Waals surface area (Å²) >= 11 is 0. The van der Waals surface area contributed by atoms with Crippen LogP contribution in [0, 0.1) is 17.7 Å². The van der Waals surface area contributed by atoms with Gasteiger partial charge in [0.1, 0.15) is 17.3 Å². The van der Waals surface area contributed by atoms with Gasteiger partial charge in [0.2, 0.25) is 5.91 Å². The predicted octanol–water partition coefficient (Wildman–Crippen LogP) is 4.79. The second kappa shape index (κ2) is 7.50. The zero-order valence-corrected chi connectivity index (χ0v) is 16.2. The first-order valence-electron chi connectivity index (χ1n) is 10.4. The number of fused-ring (bicyclic) bond motifs is 1. The van der Waals surface area contributed by atoms with Gasteiger partial charge in [-0.15, -0.1) is 0 Å². The van der Waals surface area contributed by atoms with Crippen molar-refractivity contribution >= 4 is 16.8 Å². The average Bonchev–Trinajstić information content (AvgIpc) is 3.46. The summed E-state index contributed by atoms with van der Waals surface area (Å²) in [4.78, 5) is 11.9. The summed E-state index contributed by atoms with van der Waals surface area (Å²) in [7, 11) is 0. The summed E-state index contributed by atoms with van der Waals surface area (Å²) in [5.74, 6) is 1.75. The SMILES string of the molecule is O=C(NCc1cc(F)ccc1Oc1ccc2c(cnn2CC2CCC2)c1)C1CC1. The van der Waals surface area contributed by atoms with Crippen molar-refractivity contribution in [1.29, 1.82) is 0 Å². The summed E-state index contributed by atoms with van der Waals surface area (Å²) in [5.41, 5.74) is 1.72. The number of hydrogen-bond donors (Lipinski definition) is 1. The number of hydrogen-bond acceptors (Lipinski definition) is 3. The molecule has 1 amide bonds. The van der Waals surface area contributed by atoms with Crippen LogP contribution in [-0.4, -0.2) is 15.7 Å². The molecule has 2 fully saturated rings. The first-order valence-corrected chi connectivity index (χ1v) is 10.4. The number of carbonyl (C=O) groups is 1. The zero-order chi connectivity index (χ0) is 19.8. The molecule has 2 saturated carbocycles. The van der Waals surface area contributed by atoms with Crippen LogP contribution in [0.5, 0.6) is 11.5 Å². The van der Waals surface area contributed by atoms with E-state index in [1.165, 1.54) is 31.4 Å². The minimum absolute atomic E-state index is 0.0282. The van der Waals surface area contributed by atoms with Crippen LogP contribution in [0.3, 0.4) is 0 Å². The number of halogens is 1. The van der Waals surface area contributed by atoms with E-state index >= 15 is 0 Å². The highest BCUT2D eigenvalue weighted by atomic mass is 19.1. The maximum Gasteiger partial charge on any atom is 0.223 e. The molecule has 150 valence electrons. The third-order valence-corrected chi connectivity index (χ3v) is 5.92. The molecule has 0 unspecified atom stereocenters. The Balaban J connectivity index is 1.33. The molecule has 5 rings (SSSR count). The fourth-order valence-corrected chi connectivity index (χ4v) is 3.78. The maximum absolute atomic E-state index is 13.8. The Morgan fingerprint density at radius 2 is 2.03 bits per heavy atom. The molecule has 2 aromatic carbocycles. The molecule has 29 heavy (non-hydrogen) atoms. The maximum atomic E-state index is 13.8. The van der Waals surface area contributed by atoms with E-state index in [0.29, 0.717) is 17.1 Å². The van der Waals surface area contributed by atoms with Crippen molar-refractivity contribution in [1.82, 2.24) is 15.1 Å². The molecule has 1 N–H and O–H groups in total. The fourth-order valence-electron chi connectivity index (χ4n) is 3.78. The quantitative estimate of drug-likeness (QED) is 0.628. The van der Waals surface area contributed by atoms with Crippen molar-refractivity contribution in [2.45, 2.75) is 45.2 Å². The number of carbonyl (C=O) groups excluding carboxylic acids is 1. The van der Waals surface area contributed by atoms with Gasteiger partial charge in [-0.2, -0.15) is 5.10 Å². The van der Waals surface area contributed by atoms with Crippen molar-refractivity contribution in [2.24, 2.45) is 11.8 Å². The van der Waals surface area contributed by atoms with Crippen LogP contribution in [0.25, 0.3) is 10.9 Å². The van der Waals surface area contributed by atoms with Gasteiger partial charge in [-0.05, 0) is 68.0 Å². The van der Waals surface area contributed by atoms with Gasteiger partial charge in [0, 0.05) is 30.0 Å². The van der Waals surface area contributed by atoms with Crippen LogP contribution in [0.2, 0.25) is 0 Å². The summed E-state index contributed by atoms with van der Waals surface area (Å²) in [6.45, 7) is 1.22. The van der Waals surface area contributed by atoms with Gasteiger partial charge in [0.25, 0.3) is 0 Å². The highest BCUT2D eigenvalue weighted by Gasteiger charge is 2.29. The van der Waals surface area contributed by atoms with Crippen LogP contribution >= 0.6 is 0 Å². The number of amides is 1. The minimum atomic E-state index is -0.347. The van der Waals surface area contributed by atoms with Gasteiger partial charge in [-0.3, -0.25) is 9.48 Å². The number of nitrogens with one attached hydrogen (secondary N) is 1. The fraction of sp³-hybridized carbons (Fsp3) is 0.391. The van der Waals surface area contributed by atoms with Crippen molar-refractivity contribution in [3.8, 4) is 11.5 Å². The Labute approximate surface area is 168 Å². The van der Waals surface area contributed by atoms with E-state index in [4.69, 9.17) is 4.74 Å². The van der Waals surface area contributed by atoms with Crippen LogP contribution in [0.15, 0.2) is 42.6 Å². The van der Waals surface area contributed by atoms with Gasteiger partial charge >= 0.3 is 0 Å². The molecule has 6 heteroatoms. The van der Waals surface area contributed by atoms with Crippen molar-refractivity contribution < 1.29 is 13.9 Å². The number of rotatable bonds is 7. The molecular weight excluding hydrogens is 369 g/mol. The second-order valence-electron chi connectivity index (χ2n) is 8.19. The molecule has 0 radical (unpaired) electrons. The van der Waals surface area contributed by atoms with Crippen LogP contribution < -0.4 is 10.1 Å². The molecule has 1 heterocycles.